The zero-order valence-electron chi connectivity index (χ0n) is 74.7. The predicted octanol–water partition coefficient (Wildman–Crippen LogP) is 14.3. The van der Waals surface area contributed by atoms with Crippen molar-refractivity contribution in [3.8, 4) is 45.8 Å². The number of carbonyl (C=O) groups excluding carboxylic acids is 8. The number of carboxylic acid groups (broad SMARTS) is 2. The minimum atomic E-state index is -1.51. The highest BCUT2D eigenvalue weighted by Crippen LogP contribution is 2.48. The van der Waals surface area contributed by atoms with Crippen LogP contribution in [0.5, 0.6) is 23.0 Å². The summed E-state index contributed by atoms with van der Waals surface area (Å²) in [6.07, 6.45) is 16.7. The van der Waals surface area contributed by atoms with Gasteiger partial charge in [-0.1, -0.05) is 108 Å². The van der Waals surface area contributed by atoms with E-state index in [2.05, 4.69) is 31.9 Å². The Bertz CT molecular complexity index is 5410. The van der Waals surface area contributed by atoms with Crippen LogP contribution in [0.25, 0.3) is 44.6 Å². The number of ketones is 1. The first-order valence-electron chi connectivity index (χ1n) is 45.6. The van der Waals surface area contributed by atoms with Crippen molar-refractivity contribution in [2.24, 2.45) is 29.1 Å². The number of methoxy groups -OCH3 is 2. The number of amides is 7. The van der Waals surface area contributed by atoms with Gasteiger partial charge in [-0.05, 0) is 147 Å². The Hall–Kier alpha value is -11.5. The lowest BCUT2D eigenvalue weighted by molar-refractivity contribution is -0.146. The van der Waals surface area contributed by atoms with E-state index in [-0.39, 0.29) is 99.7 Å². The molecule has 12 atom stereocenters. The summed E-state index contributed by atoms with van der Waals surface area (Å²) in [5.41, 5.74) is 1.59. The van der Waals surface area contributed by atoms with E-state index in [1.54, 1.807) is 55.5 Å². The van der Waals surface area contributed by atoms with Crippen LogP contribution < -0.4 is 50.8 Å². The Kier molecular flexibility index (Phi) is 28.5. The fourth-order valence-electron chi connectivity index (χ4n) is 18.5. The highest BCUT2D eigenvalue weighted by Gasteiger charge is 2.63. The van der Waals surface area contributed by atoms with Gasteiger partial charge in [-0.2, -0.15) is 0 Å². The Labute approximate surface area is 758 Å². The van der Waals surface area contributed by atoms with Crippen LogP contribution in [0.4, 0.5) is 19.9 Å². The Morgan fingerprint density at radius 2 is 1.05 bits per heavy atom. The molecule has 7 amide bonds. The molecule has 4 aliphatic carbocycles. The molecule has 0 bridgehead atoms. The standard InChI is InChI=1S/C50H61N7O9S.C46H58N6O9S/c1-29(2)51-47-53-39(28-67-47)38-24-41(35-19-18-32(64-6)22-37(35)52-38)65-33-23-40-43(58)55-50(46(61)62)25-31(50)15-10-8-7-9-11-17-36(45(60)57(40)26-33)54-48(63)66-42(49(3,4)5)27-56-21-20-30-14-12-13-16-34(30)44(56)59;1-26(2)47-44-49-36(25-62-44)35-22-38(32-19-18-30(59-3)20-34(32)48-35)60-31-21-37-41(54)51-46(43(56)57)23-29(46)14-10-5-4-6-11-15-33(42(55)52(37)24-31)50-45(58)61-40(39(53)27-16-17-27)28-12-8-7-9-13-28/h10,12-16,18-19,22,24,28-29,31,33,36,40,42H,7-9,11,17,20-21,23,25-27H2,1-6H3,(H,51,53)(H,54,63)(H,55,58)(H,61,62);10,14,18-20,22,25-29,31,33,37,40H,4-9,11-13,15-17,21,23-24H2,1-3H3,(H,47,49)(H,50,58)(H,51,54)(H,56,57)/b15-10-;14-10-/t31?,33-,36+,40+,42-,50-;29?,31-,33+,37+,40+,46-/m11/s1. The summed E-state index contributed by atoms with van der Waals surface area (Å²) in [4.78, 5) is 163. The first kappa shape index (κ1) is 92.2. The monoisotopic (exact) mass is 1810 g/mol. The van der Waals surface area contributed by atoms with Crippen LogP contribution in [0.15, 0.2) is 108 Å². The van der Waals surface area contributed by atoms with Crippen molar-refractivity contribution in [2.45, 2.75) is 261 Å². The van der Waals surface area contributed by atoms with Crippen molar-refractivity contribution in [1.82, 2.24) is 55.9 Å². The number of allylic oxidation sites excluding steroid dienone is 2. The molecule has 2 unspecified atom stereocenters. The van der Waals surface area contributed by atoms with Gasteiger partial charge >= 0.3 is 24.1 Å². The molecule has 2 saturated heterocycles. The number of aliphatic carboxylic acids is 2. The first-order valence-corrected chi connectivity index (χ1v) is 47.4. The third-order valence-corrected chi connectivity index (χ3v) is 27.6. The highest BCUT2D eigenvalue weighted by atomic mass is 32.1. The summed E-state index contributed by atoms with van der Waals surface area (Å²) in [5, 5.41) is 45.5. The molecule has 4 aromatic heterocycles. The zero-order valence-corrected chi connectivity index (χ0v) is 76.4. The summed E-state index contributed by atoms with van der Waals surface area (Å²) < 4.78 is 36.7. The summed E-state index contributed by atoms with van der Waals surface area (Å²) in [6, 6.07) is 18.0. The molecule has 9 aliphatic rings. The number of fused-ring (bicyclic) bond motifs is 7. The third kappa shape index (κ3) is 21.7. The fraction of sp³-hybridized carbons (Fsp3) is 0.542. The average Bonchev–Trinajstić information content (AvgIpc) is 1.58. The molecule has 688 valence electrons. The van der Waals surface area contributed by atoms with Gasteiger partial charge in [0.2, 0.25) is 23.6 Å². The summed E-state index contributed by atoms with van der Waals surface area (Å²) in [5.74, 6) is -3.52. The van der Waals surface area contributed by atoms with Crippen LogP contribution in [0.3, 0.4) is 0 Å². The number of anilines is 2. The van der Waals surface area contributed by atoms with Crippen molar-refractivity contribution in [3.05, 3.63) is 119 Å². The molecule has 4 saturated carbocycles. The number of thiazole rings is 2. The smallest absolute Gasteiger partial charge is 0.408 e. The molecule has 8 N–H and O–H groups in total. The number of hydrogen-bond donors (Lipinski definition) is 8. The van der Waals surface area contributed by atoms with Gasteiger partial charge < -0.3 is 85.2 Å². The maximum absolute atomic E-state index is 15.0. The van der Waals surface area contributed by atoms with Crippen LogP contribution >= 0.6 is 22.7 Å². The van der Waals surface area contributed by atoms with Gasteiger partial charge in [0.15, 0.2) is 22.2 Å². The number of aromatic nitrogens is 4. The van der Waals surface area contributed by atoms with Crippen molar-refractivity contribution < 1.29 is 86.6 Å². The van der Waals surface area contributed by atoms with E-state index in [1.807, 2.05) is 120 Å². The number of carboxylic acids is 2. The number of hydrogen-bond acceptors (Lipinski definition) is 24. The minimum Gasteiger partial charge on any atom is -0.497 e. The molecule has 0 radical (unpaired) electrons. The Morgan fingerprint density at radius 1 is 0.574 bits per heavy atom. The molecule has 5 aliphatic heterocycles. The predicted molar refractivity (Wildman–Crippen MR) is 487 cm³/mol. The Balaban J connectivity index is 0.000000199. The molecule has 9 heterocycles. The van der Waals surface area contributed by atoms with Gasteiger partial charge in [0.05, 0.1) is 56.3 Å². The summed E-state index contributed by atoms with van der Waals surface area (Å²) in [6.45, 7) is 14.5. The van der Waals surface area contributed by atoms with Crippen LogP contribution in [0.1, 0.15) is 199 Å². The molecule has 33 heteroatoms. The zero-order chi connectivity index (χ0) is 91.2. The van der Waals surface area contributed by atoms with E-state index in [9.17, 15) is 53.4 Å². The molecule has 3 aromatic carbocycles. The third-order valence-electron chi connectivity index (χ3n) is 26.1. The minimum absolute atomic E-state index is 0.0210. The quantitative estimate of drug-likeness (QED) is 0.0276. The maximum atomic E-state index is 15.0. The van der Waals surface area contributed by atoms with Gasteiger partial charge in [0.25, 0.3) is 5.91 Å². The number of carbonyl (C=O) groups is 10. The number of benzene rings is 3. The fourth-order valence-corrected chi connectivity index (χ4v) is 20.2. The van der Waals surface area contributed by atoms with E-state index in [1.165, 1.54) is 32.5 Å². The van der Waals surface area contributed by atoms with Gasteiger partial charge in [-0.3, -0.25) is 28.8 Å². The van der Waals surface area contributed by atoms with E-state index in [4.69, 9.17) is 48.4 Å². The number of Topliss-reactive ketones (excluding diaryl/α,β-unsaturated/α-hetero) is 1. The number of nitrogens with one attached hydrogen (secondary N) is 6. The van der Waals surface area contributed by atoms with E-state index < -0.39 is 119 Å². The van der Waals surface area contributed by atoms with Gasteiger partial charge in [-0.25, -0.2) is 39.1 Å². The van der Waals surface area contributed by atoms with Crippen molar-refractivity contribution >= 4 is 114 Å². The highest BCUT2D eigenvalue weighted by molar-refractivity contribution is 7.14. The molecule has 16 rings (SSSR count). The van der Waals surface area contributed by atoms with Gasteiger partial charge in [0.1, 0.15) is 87.9 Å². The number of ether oxygens (including phenoxy) is 6. The number of alkyl carbamates (subject to hydrolysis) is 2. The summed E-state index contributed by atoms with van der Waals surface area (Å²) in [7, 11) is 3.15. The molecule has 7 aromatic rings. The molecule has 6 fully saturated rings. The second-order valence-electron chi connectivity index (χ2n) is 37.4. The van der Waals surface area contributed by atoms with Gasteiger partial charge in [-0.15, -0.1) is 22.7 Å². The maximum Gasteiger partial charge on any atom is 0.408 e. The lowest BCUT2D eigenvalue weighted by Crippen LogP contribution is -2.57. The van der Waals surface area contributed by atoms with Gasteiger partial charge in [0, 0.05) is 112 Å². The second kappa shape index (κ2) is 39.9. The number of nitrogens with zero attached hydrogens (tertiary/aromatic N) is 7. The van der Waals surface area contributed by atoms with Crippen molar-refractivity contribution in [2.75, 3.05) is 51.0 Å². The molecular formula is C96H119N13O18S2. The largest absolute Gasteiger partial charge is 0.497 e. The average molecular weight is 1810 g/mol. The Morgan fingerprint density at radius 3 is 1.51 bits per heavy atom. The van der Waals surface area contributed by atoms with Crippen LogP contribution in [0.2, 0.25) is 0 Å². The second-order valence-corrected chi connectivity index (χ2v) is 39.1. The van der Waals surface area contributed by atoms with Crippen LogP contribution in [-0.2, 0) is 49.5 Å². The molecule has 31 nitrogen and oxygen atoms in total. The topological polar surface area (TPSA) is 400 Å². The number of rotatable bonds is 23. The van der Waals surface area contributed by atoms with E-state index in [0.29, 0.717) is 112 Å². The SMILES string of the molecule is COc1ccc2c(O[C@@H]3C[C@H]4C(=O)N[C@]5(C(=O)O)CC5/C=C\CCCCC[C@H](NC(=O)O[C@H](C(=O)C5CC5)C5CCCCC5)C(=O)N4C3)cc(-c3csc(NC(C)C)n3)nc2c1.COc1ccc2c(O[C@@H]3C[C@H]4C(=O)N[C@]5(C(=O)O)CC5/C=C\CCCCC[C@H](NC(=O)O[C@H](CN5CCc6ccccc6C5=O)C(C)(C)C)C(=O)N4C3)cc(-c3csc(NC(C)C)n3)nc2c1. The summed E-state index contributed by atoms with van der Waals surface area (Å²) >= 11 is 2.91. The van der Waals surface area contributed by atoms with Crippen molar-refractivity contribution in [3.63, 3.8) is 0 Å². The van der Waals surface area contributed by atoms with Crippen LogP contribution in [-0.4, -0.2) is 216 Å². The number of pyridine rings is 2. The molecular weight excluding hydrogens is 1690 g/mol. The normalized spacial score (nSPS) is 25.5. The molecule has 129 heavy (non-hydrogen) atoms. The lowest BCUT2D eigenvalue weighted by atomic mass is 9.83. The van der Waals surface area contributed by atoms with Crippen molar-refractivity contribution in [1.29, 1.82) is 0 Å². The van der Waals surface area contributed by atoms with Crippen LogP contribution in [0, 0.1) is 29.1 Å². The van der Waals surface area contributed by atoms with E-state index >= 15 is 4.79 Å². The lowest BCUT2D eigenvalue weighted by Gasteiger charge is -2.37. The van der Waals surface area contributed by atoms with E-state index in [0.717, 1.165) is 86.5 Å². The molecule has 0 spiro atoms. The first-order chi connectivity index (χ1) is 61.9.